The fourth-order valence-electron chi connectivity index (χ4n) is 3.78. The lowest BCUT2D eigenvalue weighted by atomic mass is 9.85. The lowest BCUT2D eigenvalue weighted by molar-refractivity contribution is -0.182. The Morgan fingerprint density at radius 1 is 1.27 bits per heavy atom. The molecule has 1 aromatic rings. The molecule has 2 heterocycles. The van der Waals surface area contributed by atoms with Crippen LogP contribution in [0.4, 0.5) is 0 Å². The highest BCUT2D eigenvalue weighted by atomic mass is 16.7. The highest BCUT2D eigenvalue weighted by Crippen LogP contribution is 2.47. The molecule has 1 spiro atoms. The van der Waals surface area contributed by atoms with Crippen LogP contribution in [0.3, 0.4) is 0 Å². The molecule has 2 aliphatic carbocycles. The van der Waals surface area contributed by atoms with Gasteiger partial charge in [0.1, 0.15) is 5.76 Å². The zero-order chi connectivity index (χ0) is 15.0. The number of carbonyl (C=O) groups excluding carboxylic acids is 1. The van der Waals surface area contributed by atoms with Gasteiger partial charge >= 0.3 is 0 Å². The smallest absolute Gasteiger partial charge is 0.223 e. The van der Waals surface area contributed by atoms with Gasteiger partial charge in [0.2, 0.25) is 5.91 Å². The minimum Gasteiger partial charge on any atom is -0.469 e. The molecule has 0 radical (unpaired) electrons. The third kappa shape index (κ3) is 2.79. The third-order valence-electron chi connectivity index (χ3n) is 5.28. The van der Waals surface area contributed by atoms with Crippen molar-refractivity contribution in [1.82, 2.24) is 5.32 Å². The second-order valence-corrected chi connectivity index (χ2v) is 6.76. The molecule has 3 aliphatic rings. The van der Waals surface area contributed by atoms with E-state index in [0.29, 0.717) is 5.92 Å². The molecular formula is C17H23NO4. The molecule has 2 atom stereocenters. The molecule has 5 nitrogen and oxygen atoms in total. The summed E-state index contributed by atoms with van der Waals surface area (Å²) in [6.45, 7) is 2.21. The van der Waals surface area contributed by atoms with Crippen LogP contribution in [-0.4, -0.2) is 31.5 Å². The summed E-state index contributed by atoms with van der Waals surface area (Å²) < 4.78 is 16.9. The fourth-order valence-corrected chi connectivity index (χ4v) is 3.78. The molecular weight excluding hydrogens is 282 g/mol. The van der Waals surface area contributed by atoms with Crippen molar-refractivity contribution in [2.75, 3.05) is 19.8 Å². The lowest BCUT2D eigenvalue weighted by Gasteiger charge is -2.35. The highest BCUT2D eigenvalue weighted by Gasteiger charge is 2.46. The number of nitrogens with one attached hydrogen (secondary N) is 1. The van der Waals surface area contributed by atoms with E-state index in [1.54, 1.807) is 6.26 Å². The average Bonchev–Trinajstić information content (AvgIpc) is 2.96. The molecule has 120 valence electrons. The normalized spacial score (nSPS) is 30.5. The molecule has 4 rings (SSSR count). The number of rotatable bonds is 4. The van der Waals surface area contributed by atoms with Crippen LogP contribution in [0, 0.1) is 11.8 Å². The van der Waals surface area contributed by atoms with Gasteiger partial charge in [-0.15, -0.1) is 0 Å². The predicted octanol–water partition coefficient (Wildman–Crippen LogP) is 2.43. The Hall–Kier alpha value is -1.33. The largest absolute Gasteiger partial charge is 0.469 e. The van der Waals surface area contributed by atoms with Crippen molar-refractivity contribution in [1.29, 1.82) is 0 Å². The summed E-state index contributed by atoms with van der Waals surface area (Å²) in [6.07, 6.45) is 6.61. The zero-order valence-corrected chi connectivity index (χ0v) is 12.8. The molecule has 0 bridgehead atoms. The van der Waals surface area contributed by atoms with Gasteiger partial charge in [0, 0.05) is 31.2 Å². The minimum absolute atomic E-state index is 0.0996. The Bertz CT molecular complexity index is 511. The Morgan fingerprint density at radius 3 is 2.73 bits per heavy atom. The second-order valence-electron chi connectivity index (χ2n) is 6.76. The van der Waals surface area contributed by atoms with Gasteiger partial charge in [-0.3, -0.25) is 4.79 Å². The van der Waals surface area contributed by atoms with Crippen LogP contribution >= 0.6 is 0 Å². The molecule has 1 aromatic heterocycles. The van der Waals surface area contributed by atoms with Crippen LogP contribution in [-0.2, 0) is 14.3 Å². The highest BCUT2D eigenvalue weighted by molar-refractivity contribution is 5.82. The molecule has 3 fully saturated rings. The van der Waals surface area contributed by atoms with Gasteiger partial charge in [0.15, 0.2) is 5.79 Å². The monoisotopic (exact) mass is 305 g/mol. The van der Waals surface area contributed by atoms with Crippen LogP contribution < -0.4 is 5.32 Å². The van der Waals surface area contributed by atoms with Crippen LogP contribution in [0.2, 0.25) is 0 Å². The van der Waals surface area contributed by atoms with Crippen molar-refractivity contribution < 1.29 is 18.7 Å². The van der Waals surface area contributed by atoms with Crippen LogP contribution in [0.5, 0.6) is 0 Å². The quantitative estimate of drug-likeness (QED) is 0.928. The zero-order valence-electron chi connectivity index (χ0n) is 12.8. The van der Waals surface area contributed by atoms with E-state index >= 15 is 0 Å². The fraction of sp³-hybridized carbons (Fsp3) is 0.706. The summed E-state index contributed by atoms with van der Waals surface area (Å²) in [5, 5.41) is 3.12. The first-order valence-corrected chi connectivity index (χ1v) is 8.35. The van der Waals surface area contributed by atoms with Gasteiger partial charge < -0.3 is 19.2 Å². The van der Waals surface area contributed by atoms with E-state index in [-0.39, 0.29) is 23.5 Å². The summed E-state index contributed by atoms with van der Waals surface area (Å²) in [5.41, 5.74) is 0. The molecule has 2 saturated carbocycles. The number of carbonyl (C=O) groups is 1. The molecule has 0 aromatic carbocycles. The molecule has 1 N–H and O–H groups in total. The van der Waals surface area contributed by atoms with Gasteiger partial charge in [-0.1, -0.05) is 0 Å². The van der Waals surface area contributed by atoms with Gasteiger partial charge in [-0.05, 0) is 37.3 Å². The van der Waals surface area contributed by atoms with Gasteiger partial charge in [-0.2, -0.15) is 0 Å². The van der Waals surface area contributed by atoms with Crippen LogP contribution in [0.25, 0.3) is 0 Å². The van der Waals surface area contributed by atoms with Crippen molar-refractivity contribution in [3.63, 3.8) is 0 Å². The summed E-state index contributed by atoms with van der Waals surface area (Å²) in [6, 6.07) is 3.84. The maximum atomic E-state index is 12.2. The van der Waals surface area contributed by atoms with E-state index in [2.05, 4.69) is 5.32 Å². The number of amides is 1. The first-order chi connectivity index (χ1) is 10.8. The summed E-state index contributed by atoms with van der Waals surface area (Å²) in [5.74, 6) is 1.74. The Kier molecular flexibility index (Phi) is 3.70. The minimum atomic E-state index is -0.304. The second kappa shape index (κ2) is 5.70. The number of hydrogen-bond acceptors (Lipinski definition) is 4. The van der Waals surface area contributed by atoms with Gasteiger partial charge in [0.25, 0.3) is 0 Å². The molecule has 1 aliphatic heterocycles. The maximum absolute atomic E-state index is 12.2. The van der Waals surface area contributed by atoms with E-state index in [0.717, 1.165) is 57.6 Å². The molecule has 1 saturated heterocycles. The van der Waals surface area contributed by atoms with Gasteiger partial charge in [-0.25, -0.2) is 0 Å². The van der Waals surface area contributed by atoms with Crippen LogP contribution in [0.1, 0.15) is 43.8 Å². The van der Waals surface area contributed by atoms with E-state index in [1.807, 2.05) is 12.1 Å². The summed E-state index contributed by atoms with van der Waals surface area (Å²) in [4.78, 5) is 12.2. The SMILES string of the molecule is O=C(NCC1CCC2(CC1)OCCO2)[C@@H]1C[C@@H]1c1ccco1. The van der Waals surface area contributed by atoms with Crippen molar-refractivity contribution in [2.24, 2.45) is 11.8 Å². The van der Waals surface area contributed by atoms with Crippen molar-refractivity contribution >= 4 is 5.91 Å². The Morgan fingerprint density at radius 2 is 2.05 bits per heavy atom. The van der Waals surface area contributed by atoms with Crippen LogP contribution in [0.15, 0.2) is 22.8 Å². The summed E-state index contributed by atoms with van der Waals surface area (Å²) in [7, 11) is 0. The number of furan rings is 1. The molecule has 1 amide bonds. The van der Waals surface area contributed by atoms with Crippen molar-refractivity contribution in [2.45, 2.75) is 43.8 Å². The Balaban J connectivity index is 1.20. The molecule has 5 heteroatoms. The van der Waals surface area contributed by atoms with E-state index in [9.17, 15) is 4.79 Å². The lowest BCUT2D eigenvalue weighted by Crippen LogP contribution is -2.39. The van der Waals surface area contributed by atoms with Gasteiger partial charge in [0.05, 0.1) is 19.5 Å². The van der Waals surface area contributed by atoms with E-state index in [1.165, 1.54) is 0 Å². The maximum Gasteiger partial charge on any atom is 0.223 e. The Labute approximate surface area is 130 Å². The first kappa shape index (κ1) is 14.3. The molecule has 22 heavy (non-hydrogen) atoms. The summed E-state index contributed by atoms with van der Waals surface area (Å²) >= 11 is 0. The van der Waals surface area contributed by atoms with Crippen molar-refractivity contribution in [3.8, 4) is 0 Å². The number of ether oxygens (including phenoxy) is 2. The molecule has 0 unspecified atom stereocenters. The average molecular weight is 305 g/mol. The standard InChI is InChI=1S/C17H23NO4/c19-16(14-10-13(14)15-2-1-7-20-15)18-11-12-3-5-17(6-4-12)21-8-9-22-17/h1-2,7,12-14H,3-6,8-11H2,(H,18,19)/t13-,14+/m0/s1. The van der Waals surface area contributed by atoms with E-state index in [4.69, 9.17) is 13.9 Å². The topological polar surface area (TPSA) is 60.7 Å². The van der Waals surface area contributed by atoms with Crippen molar-refractivity contribution in [3.05, 3.63) is 24.2 Å². The third-order valence-corrected chi connectivity index (χ3v) is 5.28. The first-order valence-electron chi connectivity index (χ1n) is 8.35. The predicted molar refractivity (Wildman–Crippen MR) is 79.2 cm³/mol. The van der Waals surface area contributed by atoms with E-state index < -0.39 is 0 Å². The number of hydrogen-bond donors (Lipinski definition) is 1.